The van der Waals surface area contributed by atoms with Crippen molar-refractivity contribution in [1.82, 2.24) is 30.0 Å². The van der Waals surface area contributed by atoms with Crippen molar-refractivity contribution in [2.24, 2.45) is 0 Å². The Bertz CT molecular complexity index is 1300. The maximum atomic E-state index is 4.44. The zero-order valence-corrected chi connectivity index (χ0v) is 19.4. The topological polar surface area (TPSA) is 64.7 Å². The molecular formula is C26H29N7. The van der Waals surface area contributed by atoms with E-state index in [1.54, 1.807) is 0 Å². The Morgan fingerprint density at radius 1 is 0.727 bits per heavy atom. The summed E-state index contributed by atoms with van der Waals surface area (Å²) in [5.74, 6) is 0. The monoisotopic (exact) mass is 439 g/mol. The lowest BCUT2D eigenvalue weighted by Gasteiger charge is -2.25. The van der Waals surface area contributed by atoms with Crippen LogP contribution in [0, 0.1) is 13.8 Å². The summed E-state index contributed by atoms with van der Waals surface area (Å²) in [5, 5.41) is 17.6. The number of nitrogens with zero attached hydrogens (tertiary/aromatic N) is 7. The molecule has 5 rings (SSSR count). The predicted molar refractivity (Wildman–Crippen MR) is 132 cm³/mol. The van der Waals surface area contributed by atoms with Gasteiger partial charge in [-0.15, -0.1) is 10.2 Å². The van der Waals surface area contributed by atoms with E-state index in [0.717, 1.165) is 34.2 Å². The molecule has 0 aliphatic rings. The largest absolute Gasteiger partial charge is 0.332 e. The Morgan fingerprint density at radius 2 is 1.27 bits per heavy atom. The molecule has 0 unspecified atom stereocenters. The molecule has 168 valence electrons. The molecule has 0 atom stereocenters. The lowest BCUT2D eigenvalue weighted by atomic mass is 10.1. The number of aryl methyl sites for hydroxylation is 3. The highest BCUT2D eigenvalue weighted by Gasteiger charge is 2.14. The zero-order valence-electron chi connectivity index (χ0n) is 19.4. The first-order valence-electron chi connectivity index (χ1n) is 11.5. The van der Waals surface area contributed by atoms with E-state index in [2.05, 4.69) is 107 Å². The molecule has 0 radical (unpaired) electrons. The van der Waals surface area contributed by atoms with Crippen LogP contribution in [0.1, 0.15) is 36.5 Å². The second kappa shape index (κ2) is 9.02. The number of benzene rings is 3. The van der Waals surface area contributed by atoms with Gasteiger partial charge in [0.25, 0.3) is 0 Å². The first-order chi connectivity index (χ1) is 16.1. The van der Waals surface area contributed by atoms with Crippen LogP contribution >= 0.6 is 0 Å². The first kappa shape index (κ1) is 21.1. The smallest absolute Gasteiger partial charge is 0.116 e. The summed E-state index contributed by atoms with van der Waals surface area (Å²) in [4.78, 5) is 2.26. The molecule has 0 fully saturated rings. The molecule has 2 aromatic heterocycles. The third-order valence-corrected chi connectivity index (χ3v) is 6.07. The average Bonchev–Trinajstić information content (AvgIpc) is 3.40. The third kappa shape index (κ3) is 4.44. The molecule has 0 bridgehead atoms. The molecule has 0 aliphatic carbocycles. The molecular weight excluding hydrogens is 410 g/mol. The summed E-state index contributed by atoms with van der Waals surface area (Å²) >= 11 is 0. The molecule has 7 nitrogen and oxygen atoms in total. The summed E-state index contributed by atoms with van der Waals surface area (Å²) in [6, 6.07) is 21.3. The van der Waals surface area contributed by atoms with Crippen molar-refractivity contribution in [3.63, 3.8) is 0 Å². The summed E-state index contributed by atoms with van der Waals surface area (Å²) in [6.45, 7) is 7.48. The van der Waals surface area contributed by atoms with E-state index in [1.165, 1.54) is 29.5 Å². The van der Waals surface area contributed by atoms with Crippen molar-refractivity contribution < 1.29 is 0 Å². The Labute approximate surface area is 193 Å². The average molecular weight is 440 g/mol. The van der Waals surface area contributed by atoms with Crippen LogP contribution in [0.4, 0.5) is 5.69 Å². The highest BCUT2D eigenvalue weighted by Crippen LogP contribution is 2.22. The minimum atomic E-state index is 0.557. The number of anilines is 1. The lowest BCUT2D eigenvalue weighted by Crippen LogP contribution is -2.30. The van der Waals surface area contributed by atoms with Gasteiger partial charge in [0.15, 0.2) is 0 Å². The fraction of sp³-hybridized carbons (Fsp3) is 0.308. The molecule has 0 aliphatic heterocycles. The SMILES string of the molecule is CCCCc1ccc(N(Cn2nnc3cc(C)ccc32)Cn2nnc3cc(C)ccc32)cc1. The van der Waals surface area contributed by atoms with Gasteiger partial charge in [0.2, 0.25) is 0 Å². The number of fused-ring (bicyclic) bond motifs is 2. The molecule has 33 heavy (non-hydrogen) atoms. The van der Waals surface area contributed by atoms with Crippen LogP contribution in [-0.4, -0.2) is 30.0 Å². The number of hydrogen-bond acceptors (Lipinski definition) is 5. The van der Waals surface area contributed by atoms with Crippen molar-refractivity contribution in [3.8, 4) is 0 Å². The fourth-order valence-electron chi connectivity index (χ4n) is 4.16. The second-order valence-corrected chi connectivity index (χ2v) is 8.75. The highest BCUT2D eigenvalue weighted by molar-refractivity contribution is 5.76. The maximum Gasteiger partial charge on any atom is 0.116 e. The van der Waals surface area contributed by atoms with Gasteiger partial charge in [-0.1, -0.05) is 48.0 Å². The van der Waals surface area contributed by atoms with Gasteiger partial charge in [0.1, 0.15) is 24.4 Å². The molecule has 5 aromatic rings. The number of aromatic nitrogens is 6. The van der Waals surface area contributed by atoms with E-state index in [-0.39, 0.29) is 0 Å². The van der Waals surface area contributed by atoms with Crippen LogP contribution < -0.4 is 4.90 Å². The van der Waals surface area contributed by atoms with Crippen molar-refractivity contribution >= 4 is 27.8 Å². The Balaban J connectivity index is 1.49. The van der Waals surface area contributed by atoms with Crippen molar-refractivity contribution in [3.05, 3.63) is 77.4 Å². The van der Waals surface area contributed by atoms with Crippen molar-refractivity contribution in [1.29, 1.82) is 0 Å². The van der Waals surface area contributed by atoms with Crippen LogP contribution in [0.5, 0.6) is 0 Å². The third-order valence-electron chi connectivity index (χ3n) is 6.07. The summed E-state index contributed by atoms with van der Waals surface area (Å²) in [6.07, 6.45) is 3.51. The maximum absolute atomic E-state index is 4.44. The zero-order chi connectivity index (χ0) is 22.8. The summed E-state index contributed by atoms with van der Waals surface area (Å²) < 4.78 is 3.89. The second-order valence-electron chi connectivity index (χ2n) is 8.75. The summed E-state index contributed by atoms with van der Waals surface area (Å²) in [5.41, 5.74) is 8.69. The number of rotatable bonds is 8. The van der Waals surface area contributed by atoms with Gasteiger partial charge in [0.05, 0.1) is 11.0 Å². The Kier molecular flexibility index (Phi) is 5.77. The van der Waals surface area contributed by atoms with Crippen LogP contribution in [0.15, 0.2) is 60.7 Å². The molecule has 7 heteroatoms. The van der Waals surface area contributed by atoms with Gasteiger partial charge in [-0.25, -0.2) is 9.36 Å². The van der Waals surface area contributed by atoms with Crippen molar-refractivity contribution in [2.75, 3.05) is 4.90 Å². The fourth-order valence-corrected chi connectivity index (χ4v) is 4.16. The van der Waals surface area contributed by atoms with Gasteiger partial charge >= 0.3 is 0 Å². The van der Waals surface area contributed by atoms with Crippen LogP contribution in [0.3, 0.4) is 0 Å². The van der Waals surface area contributed by atoms with Crippen LogP contribution in [0.25, 0.3) is 22.1 Å². The molecule has 0 N–H and O–H groups in total. The Morgan fingerprint density at radius 3 is 1.79 bits per heavy atom. The normalized spacial score (nSPS) is 11.5. The van der Waals surface area contributed by atoms with Gasteiger partial charge < -0.3 is 4.90 Å². The van der Waals surface area contributed by atoms with E-state index in [1.807, 2.05) is 9.36 Å². The van der Waals surface area contributed by atoms with E-state index < -0.39 is 0 Å². The van der Waals surface area contributed by atoms with Crippen LogP contribution in [-0.2, 0) is 19.8 Å². The molecule has 0 saturated heterocycles. The van der Waals surface area contributed by atoms with E-state index >= 15 is 0 Å². The predicted octanol–water partition coefficient (Wildman–Crippen LogP) is 5.26. The van der Waals surface area contributed by atoms with E-state index in [4.69, 9.17) is 0 Å². The summed E-state index contributed by atoms with van der Waals surface area (Å²) in [7, 11) is 0. The minimum absolute atomic E-state index is 0.557. The lowest BCUT2D eigenvalue weighted by molar-refractivity contribution is 0.498. The molecule has 2 heterocycles. The molecule has 0 spiro atoms. The molecule has 0 saturated carbocycles. The van der Waals surface area contributed by atoms with E-state index in [9.17, 15) is 0 Å². The van der Waals surface area contributed by atoms with Gasteiger partial charge in [-0.3, -0.25) is 0 Å². The minimum Gasteiger partial charge on any atom is -0.332 e. The standard InChI is InChI=1S/C26H29N7/c1-4-5-6-21-9-11-22(12-10-21)31(17-32-25-13-7-19(2)15-23(25)27-29-32)18-33-26-14-8-20(3)16-24(26)28-30-33/h7-16H,4-6,17-18H2,1-3H3. The number of hydrogen-bond donors (Lipinski definition) is 0. The van der Waals surface area contributed by atoms with Gasteiger partial charge in [-0.05, 0) is 79.8 Å². The van der Waals surface area contributed by atoms with E-state index in [0.29, 0.717) is 13.3 Å². The highest BCUT2D eigenvalue weighted by atomic mass is 15.5. The first-order valence-corrected chi connectivity index (χ1v) is 11.5. The molecule has 3 aromatic carbocycles. The Hall–Kier alpha value is -3.74. The quantitative estimate of drug-likeness (QED) is 0.330. The van der Waals surface area contributed by atoms with Crippen LogP contribution in [0.2, 0.25) is 0 Å². The van der Waals surface area contributed by atoms with Gasteiger partial charge in [-0.2, -0.15) is 0 Å². The molecule has 0 amide bonds. The van der Waals surface area contributed by atoms with Crippen molar-refractivity contribution in [2.45, 2.75) is 53.4 Å². The van der Waals surface area contributed by atoms with Gasteiger partial charge in [0, 0.05) is 5.69 Å². The number of unbranched alkanes of at least 4 members (excludes halogenated alkanes) is 1.